The van der Waals surface area contributed by atoms with Gasteiger partial charge in [-0.3, -0.25) is 9.36 Å². The van der Waals surface area contributed by atoms with E-state index in [9.17, 15) is 14.7 Å². The molecule has 0 saturated carbocycles. The number of carbonyl (C=O) groups is 1. The van der Waals surface area contributed by atoms with Crippen LogP contribution in [0.3, 0.4) is 0 Å². The molecule has 0 saturated heterocycles. The third-order valence-corrected chi connectivity index (χ3v) is 4.11. The van der Waals surface area contributed by atoms with Crippen LogP contribution in [0, 0.1) is 15.0 Å². The standard InChI is InChI=1S/C12H11IN2O4/c1-2-12(18)8-5-9(13)15(4-3-14)10(16)7(8)6-19-11(12)17/h5,18H,2,4,6H2,1H3/t12-/m0/s1. The summed E-state index contributed by atoms with van der Waals surface area (Å²) in [5.41, 5.74) is -1.66. The van der Waals surface area contributed by atoms with Crippen molar-refractivity contribution in [1.82, 2.24) is 4.57 Å². The number of cyclic esters (lactones) is 1. The number of fused-ring (bicyclic) bond motifs is 1. The second-order valence-corrected chi connectivity index (χ2v) is 5.30. The number of carbonyl (C=O) groups excluding carboxylic acids is 1. The van der Waals surface area contributed by atoms with Gasteiger partial charge in [-0.2, -0.15) is 5.26 Å². The highest BCUT2D eigenvalue weighted by atomic mass is 127. The number of hydrogen-bond acceptors (Lipinski definition) is 5. The minimum atomic E-state index is -1.78. The van der Waals surface area contributed by atoms with Crippen molar-refractivity contribution in [3.63, 3.8) is 0 Å². The minimum Gasteiger partial charge on any atom is -0.458 e. The molecule has 100 valence electrons. The van der Waals surface area contributed by atoms with Crippen LogP contribution in [-0.4, -0.2) is 15.6 Å². The van der Waals surface area contributed by atoms with Crippen molar-refractivity contribution >= 4 is 28.6 Å². The largest absolute Gasteiger partial charge is 0.458 e. The van der Waals surface area contributed by atoms with E-state index in [1.165, 1.54) is 4.57 Å². The summed E-state index contributed by atoms with van der Waals surface area (Å²) in [7, 11) is 0. The van der Waals surface area contributed by atoms with Crippen molar-refractivity contribution in [2.75, 3.05) is 0 Å². The molecule has 6 nitrogen and oxygen atoms in total. The number of halogens is 1. The van der Waals surface area contributed by atoms with E-state index in [1.807, 2.05) is 28.7 Å². The molecule has 2 rings (SSSR count). The second-order valence-electron chi connectivity index (χ2n) is 4.20. The first-order chi connectivity index (χ1) is 8.95. The van der Waals surface area contributed by atoms with Gasteiger partial charge >= 0.3 is 5.97 Å². The Morgan fingerprint density at radius 1 is 1.63 bits per heavy atom. The number of ether oxygens (including phenoxy) is 1. The summed E-state index contributed by atoms with van der Waals surface area (Å²) < 4.78 is 6.67. The molecule has 0 radical (unpaired) electrons. The molecule has 0 aromatic carbocycles. The highest BCUT2D eigenvalue weighted by Crippen LogP contribution is 2.33. The van der Waals surface area contributed by atoms with Gasteiger partial charge in [0.2, 0.25) is 0 Å². The van der Waals surface area contributed by atoms with Crippen LogP contribution in [0.4, 0.5) is 0 Å². The van der Waals surface area contributed by atoms with Gasteiger partial charge in [-0.05, 0) is 35.1 Å². The van der Waals surface area contributed by atoms with Gasteiger partial charge in [0.15, 0.2) is 5.60 Å². The maximum absolute atomic E-state index is 12.2. The number of nitrogens with zero attached hydrogens (tertiary/aromatic N) is 2. The molecular weight excluding hydrogens is 363 g/mol. The fourth-order valence-electron chi connectivity index (χ4n) is 2.09. The van der Waals surface area contributed by atoms with Crippen LogP contribution in [0.5, 0.6) is 0 Å². The van der Waals surface area contributed by atoms with E-state index in [0.717, 1.165) is 0 Å². The number of rotatable bonds is 2. The van der Waals surface area contributed by atoms with Crippen LogP contribution in [-0.2, 0) is 28.3 Å². The van der Waals surface area contributed by atoms with Gasteiger partial charge in [0.25, 0.3) is 5.56 Å². The second kappa shape index (κ2) is 4.94. The van der Waals surface area contributed by atoms with Crippen LogP contribution in [0.1, 0.15) is 24.5 Å². The van der Waals surface area contributed by atoms with Gasteiger partial charge in [0.05, 0.1) is 15.3 Å². The van der Waals surface area contributed by atoms with Crippen molar-refractivity contribution in [3.8, 4) is 6.07 Å². The average molecular weight is 374 g/mol. The summed E-state index contributed by atoms with van der Waals surface area (Å²) in [4.78, 5) is 23.9. The van der Waals surface area contributed by atoms with Crippen molar-refractivity contribution in [2.24, 2.45) is 0 Å². The summed E-state index contributed by atoms with van der Waals surface area (Å²) in [6.07, 6.45) is 0.122. The normalized spacial score (nSPS) is 21.5. The van der Waals surface area contributed by atoms with E-state index in [0.29, 0.717) is 3.70 Å². The van der Waals surface area contributed by atoms with E-state index in [-0.39, 0.29) is 30.7 Å². The van der Waals surface area contributed by atoms with E-state index in [2.05, 4.69) is 0 Å². The van der Waals surface area contributed by atoms with Gasteiger partial charge in [0.1, 0.15) is 13.2 Å². The molecule has 1 N–H and O–H groups in total. The zero-order valence-electron chi connectivity index (χ0n) is 10.1. The molecule has 0 amide bonds. The fraction of sp³-hybridized carbons (Fsp3) is 0.417. The number of aliphatic hydroxyl groups is 1. The quantitative estimate of drug-likeness (QED) is 0.466. The monoisotopic (exact) mass is 374 g/mol. The molecule has 0 fully saturated rings. The maximum Gasteiger partial charge on any atom is 0.343 e. The van der Waals surface area contributed by atoms with E-state index >= 15 is 0 Å². The first-order valence-electron chi connectivity index (χ1n) is 5.65. The Bertz CT molecular complexity index is 646. The predicted octanol–water partition coefficient (Wildman–Crippen LogP) is 0.631. The zero-order valence-corrected chi connectivity index (χ0v) is 12.3. The third-order valence-electron chi connectivity index (χ3n) is 3.22. The molecule has 0 spiro atoms. The molecule has 0 aliphatic carbocycles. The first kappa shape index (κ1) is 14.0. The summed E-state index contributed by atoms with van der Waals surface area (Å²) >= 11 is 1.90. The van der Waals surface area contributed by atoms with Crippen LogP contribution < -0.4 is 5.56 Å². The van der Waals surface area contributed by atoms with E-state index < -0.39 is 17.1 Å². The Balaban J connectivity index is 2.74. The molecule has 1 aromatic rings. The molecule has 1 aliphatic rings. The SMILES string of the molecule is CC[C@@]1(O)C(=O)OCc2c1cc(I)n(CC#N)c2=O. The lowest BCUT2D eigenvalue weighted by molar-refractivity contribution is -0.172. The molecule has 1 aliphatic heterocycles. The van der Waals surface area contributed by atoms with Crippen LogP contribution in [0.15, 0.2) is 10.9 Å². The fourth-order valence-corrected chi connectivity index (χ4v) is 2.79. The lowest BCUT2D eigenvalue weighted by Crippen LogP contribution is -2.44. The lowest BCUT2D eigenvalue weighted by atomic mass is 9.87. The van der Waals surface area contributed by atoms with Crippen molar-refractivity contribution in [3.05, 3.63) is 31.2 Å². The van der Waals surface area contributed by atoms with E-state index in [4.69, 9.17) is 10.00 Å². The maximum atomic E-state index is 12.2. The van der Waals surface area contributed by atoms with Gasteiger partial charge in [-0.15, -0.1) is 0 Å². The molecule has 0 unspecified atom stereocenters. The topological polar surface area (TPSA) is 92.3 Å². The third kappa shape index (κ3) is 2.04. The molecule has 2 heterocycles. The Kier molecular flexibility index (Phi) is 3.64. The number of hydrogen-bond donors (Lipinski definition) is 1. The van der Waals surface area contributed by atoms with Gasteiger partial charge in [-0.1, -0.05) is 6.92 Å². The predicted molar refractivity (Wildman–Crippen MR) is 73.0 cm³/mol. The van der Waals surface area contributed by atoms with Gasteiger partial charge < -0.3 is 9.84 Å². The summed E-state index contributed by atoms with van der Waals surface area (Å²) in [6.45, 7) is 1.39. The summed E-state index contributed by atoms with van der Waals surface area (Å²) in [6, 6.07) is 3.47. The molecule has 1 aromatic heterocycles. The summed E-state index contributed by atoms with van der Waals surface area (Å²) in [5, 5.41) is 19.1. The van der Waals surface area contributed by atoms with Crippen LogP contribution in [0.25, 0.3) is 0 Å². The molecule has 7 heteroatoms. The van der Waals surface area contributed by atoms with Crippen LogP contribution in [0.2, 0.25) is 0 Å². The van der Waals surface area contributed by atoms with Gasteiger partial charge in [-0.25, -0.2) is 4.79 Å². The molecule has 0 bridgehead atoms. The number of pyridine rings is 1. The molecular formula is C12H11IN2O4. The lowest BCUT2D eigenvalue weighted by Gasteiger charge is -2.31. The van der Waals surface area contributed by atoms with Crippen molar-refractivity contribution in [2.45, 2.75) is 32.1 Å². The Hall–Kier alpha value is -1.40. The Labute approximate surface area is 122 Å². The first-order valence-corrected chi connectivity index (χ1v) is 6.72. The Morgan fingerprint density at radius 3 is 2.89 bits per heavy atom. The van der Waals surface area contributed by atoms with Gasteiger partial charge in [0, 0.05) is 5.56 Å². The summed E-state index contributed by atoms with van der Waals surface area (Å²) in [5.74, 6) is -0.740. The highest BCUT2D eigenvalue weighted by molar-refractivity contribution is 14.1. The zero-order chi connectivity index (χ0) is 14.2. The minimum absolute atomic E-state index is 0.0805. The number of nitriles is 1. The molecule has 1 atom stereocenters. The smallest absolute Gasteiger partial charge is 0.343 e. The number of esters is 1. The Morgan fingerprint density at radius 2 is 2.32 bits per heavy atom. The van der Waals surface area contributed by atoms with Crippen LogP contribution >= 0.6 is 22.6 Å². The molecule has 19 heavy (non-hydrogen) atoms. The van der Waals surface area contributed by atoms with Crippen molar-refractivity contribution in [1.29, 1.82) is 5.26 Å². The van der Waals surface area contributed by atoms with E-state index in [1.54, 1.807) is 13.0 Å². The number of aromatic nitrogens is 1. The van der Waals surface area contributed by atoms with Crippen molar-refractivity contribution < 1.29 is 14.6 Å². The average Bonchev–Trinajstić information content (AvgIpc) is 2.39. The highest BCUT2D eigenvalue weighted by Gasteiger charge is 2.44.